The molecule has 0 aromatic heterocycles. The Labute approximate surface area is 114 Å². The van der Waals surface area contributed by atoms with Crippen molar-refractivity contribution in [1.82, 2.24) is 10.2 Å². The van der Waals surface area contributed by atoms with Gasteiger partial charge in [-0.25, -0.2) is 0 Å². The fourth-order valence-corrected chi connectivity index (χ4v) is 3.45. The van der Waals surface area contributed by atoms with Crippen LogP contribution in [0.25, 0.3) is 0 Å². The molecule has 1 aliphatic heterocycles. The van der Waals surface area contributed by atoms with Gasteiger partial charge in [0.25, 0.3) is 0 Å². The van der Waals surface area contributed by atoms with E-state index in [-0.39, 0.29) is 0 Å². The van der Waals surface area contributed by atoms with Gasteiger partial charge in [-0.3, -0.25) is 4.90 Å². The molecule has 2 rings (SSSR count). The van der Waals surface area contributed by atoms with Crippen molar-refractivity contribution >= 4 is 0 Å². The van der Waals surface area contributed by atoms with Crippen molar-refractivity contribution in [1.29, 1.82) is 0 Å². The molecule has 0 bridgehead atoms. The predicted molar refractivity (Wildman–Crippen MR) is 78.9 cm³/mol. The molecular formula is C16H32N2. The van der Waals surface area contributed by atoms with Crippen LogP contribution in [-0.4, -0.2) is 36.6 Å². The highest BCUT2D eigenvalue weighted by molar-refractivity contribution is 4.92. The first-order chi connectivity index (χ1) is 8.73. The molecule has 106 valence electrons. The highest BCUT2D eigenvalue weighted by Gasteiger charge is 2.37. The molecule has 0 radical (unpaired) electrons. The van der Waals surface area contributed by atoms with E-state index in [2.05, 4.69) is 31.0 Å². The summed E-state index contributed by atoms with van der Waals surface area (Å²) in [5.41, 5.74) is 0.631. The third-order valence-electron chi connectivity index (χ3n) is 5.33. The van der Waals surface area contributed by atoms with Crippen molar-refractivity contribution in [3.05, 3.63) is 0 Å². The first-order valence-electron chi connectivity index (χ1n) is 8.20. The molecule has 2 fully saturated rings. The zero-order chi connectivity index (χ0) is 13.0. The van der Waals surface area contributed by atoms with Crippen LogP contribution in [0.15, 0.2) is 0 Å². The van der Waals surface area contributed by atoms with Gasteiger partial charge in [-0.05, 0) is 50.5 Å². The molecule has 1 aliphatic carbocycles. The quantitative estimate of drug-likeness (QED) is 0.712. The molecule has 1 atom stereocenters. The summed E-state index contributed by atoms with van der Waals surface area (Å²) in [7, 11) is 0. The molecule has 0 spiro atoms. The lowest BCUT2D eigenvalue weighted by Gasteiger charge is -2.31. The van der Waals surface area contributed by atoms with Crippen LogP contribution in [0.2, 0.25) is 0 Å². The van der Waals surface area contributed by atoms with Crippen molar-refractivity contribution in [2.75, 3.05) is 19.6 Å². The molecule has 0 aromatic rings. The third-order valence-corrected chi connectivity index (χ3v) is 5.33. The Bertz CT molecular complexity index is 243. The standard InChI is InChI=1S/C16H32N2/c1-4-7-15(12-17-14-8-9-14)18-11-10-16(5-2,6-3)13-18/h14-15,17H,4-13H2,1-3H3. The largest absolute Gasteiger partial charge is 0.312 e. The normalized spacial score (nSPS) is 25.5. The second kappa shape index (κ2) is 6.38. The summed E-state index contributed by atoms with van der Waals surface area (Å²) < 4.78 is 0. The summed E-state index contributed by atoms with van der Waals surface area (Å²) >= 11 is 0. The summed E-state index contributed by atoms with van der Waals surface area (Å²) in [4.78, 5) is 2.78. The van der Waals surface area contributed by atoms with Gasteiger partial charge in [0.1, 0.15) is 0 Å². The maximum Gasteiger partial charge on any atom is 0.0220 e. The Morgan fingerprint density at radius 3 is 2.44 bits per heavy atom. The molecule has 0 amide bonds. The van der Waals surface area contributed by atoms with Crippen LogP contribution in [-0.2, 0) is 0 Å². The van der Waals surface area contributed by atoms with Gasteiger partial charge >= 0.3 is 0 Å². The minimum Gasteiger partial charge on any atom is -0.312 e. The summed E-state index contributed by atoms with van der Waals surface area (Å²) in [6, 6.07) is 1.64. The molecule has 0 aromatic carbocycles. The molecule has 1 saturated heterocycles. The molecule has 18 heavy (non-hydrogen) atoms. The van der Waals surface area contributed by atoms with Crippen molar-refractivity contribution in [2.45, 2.75) is 77.8 Å². The summed E-state index contributed by atoms with van der Waals surface area (Å²) in [6.07, 6.45) is 9.63. The molecule has 1 unspecified atom stereocenters. The minimum absolute atomic E-state index is 0.631. The monoisotopic (exact) mass is 252 g/mol. The molecular weight excluding hydrogens is 220 g/mol. The predicted octanol–water partition coefficient (Wildman–Crippen LogP) is 3.42. The SMILES string of the molecule is CCCC(CNC1CC1)N1CCC(CC)(CC)C1. The Balaban J connectivity index is 1.85. The van der Waals surface area contributed by atoms with Gasteiger partial charge in [0.05, 0.1) is 0 Å². The van der Waals surface area contributed by atoms with Crippen molar-refractivity contribution in [2.24, 2.45) is 5.41 Å². The fourth-order valence-electron chi connectivity index (χ4n) is 3.45. The number of hydrogen-bond donors (Lipinski definition) is 1. The summed E-state index contributed by atoms with van der Waals surface area (Å²) in [5, 5.41) is 3.74. The number of rotatable bonds is 8. The van der Waals surface area contributed by atoms with Gasteiger partial charge in [-0.1, -0.05) is 27.2 Å². The van der Waals surface area contributed by atoms with Crippen LogP contribution < -0.4 is 5.32 Å². The number of nitrogens with zero attached hydrogens (tertiary/aromatic N) is 1. The zero-order valence-electron chi connectivity index (χ0n) is 12.7. The average molecular weight is 252 g/mol. The van der Waals surface area contributed by atoms with E-state index >= 15 is 0 Å². The van der Waals surface area contributed by atoms with Gasteiger partial charge in [0.15, 0.2) is 0 Å². The van der Waals surface area contributed by atoms with E-state index in [1.807, 2.05) is 0 Å². The second-order valence-corrected chi connectivity index (χ2v) is 6.55. The molecule has 1 heterocycles. The lowest BCUT2D eigenvalue weighted by molar-refractivity contribution is 0.181. The van der Waals surface area contributed by atoms with Gasteiger partial charge in [0, 0.05) is 25.2 Å². The van der Waals surface area contributed by atoms with E-state index < -0.39 is 0 Å². The van der Waals surface area contributed by atoms with E-state index in [1.165, 1.54) is 64.6 Å². The average Bonchev–Trinajstić information content (AvgIpc) is 3.12. The highest BCUT2D eigenvalue weighted by atomic mass is 15.2. The molecule has 1 N–H and O–H groups in total. The van der Waals surface area contributed by atoms with Crippen LogP contribution in [0.4, 0.5) is 0 Å². The first-order valence-corrected chi connectivity index (χ1v) is 8.20. The van der Waals surface area contributed by atoms with E-state index in [9.17, 15) is 0 Å². The third kappa shape index (κ3) is 3.48. The van der Waals surface area contributed by atoms with E-state index in [0.29, 0.717) is 5.41 Å². The maximum absolute atomic E-state index is 3.74. The van der Waals surface area contributed by atoms with Crippen LogP contribution >= 0.6 is 0 Å². The molecule has 2 heteroatoms. The smallest absolute Gasteiger partial charge is 0.0220 e. The van der Waals surface area contributed by atoms with Gasteiger partial charge in [0.2, 0.25) is 0 Å². The van der Waals surface area contributed by atoms with E-state index in [1.54, 1.807) is 0 Å². The van der Waals surface area contributed by atoms with Crippen LogP contribution in [0.3, 0.4) is 0 Å². The Hall–Kier alpha value is -0.0800. The lowest BCUT2D eigenvalue weighted by atomic mass is 9.82. The first kappa shape index (κ1) is 14.3. The van der Waals surface area contributed by atoms with Crippen molar-refractivity contribution < 1.29 is 0 Å². The zero-order valence-corrected chi connectivity index (χ0v) is 12.7. The van der Waals surface area contributed by atoms with Crippen molar-refractivity contribution in [3.8, 4) is 0 Å². The van der Waals surface area contributed by atoms with Crippen LogP contribution in [0.5, 0.6) is 0 Å². The van der Waals surface area contributed by atoms with Crippen LogP contribution in [0.1, 0.15) is 65.7 Å². The van der Waals surface area contributed by atoms with Crippen LogP contribution in [0, 0.1) is 5.41 Å². The topological polar surface area (TPSA) is 15.3 Å². The Morgan fingerprint density at radius 2 is 1.94 bits per heavy atom. The molecule has 2 nitrogen and oxygen atoms in total. The Morgan fingerprint density at radius 1 is 1.22 bits per heavy atom. The van der Waals surface area contributed by atoms with Crippen molar-refractivity contribution in [3.63, 3.8) is 0 Å². The number of nitrogens with one attached hydrogen (secondary N) is 1. The highest BCUT2D eigenvalue weighted by Crippen LogP contribution is 2.38. The summed E-state index contributed by atoms with van der Waals surface area (Å²) in [6.45, 7) is 11.0. The molecule has 1 saturated carbocycles. The second-order valence-electron chi connectivity index (χ2n) is 6.55. The minimum atomic E-state index is 0.631. The lowest BCUT2D eigenvalue weighted by Crippen LogP contribution is -2.42. The van der Waals surface area contributed by atoms with Gasteiger partial charge in [-0.15, -0.1) is 0 Å². The maximum atomic E-state index is 3.74. The Kier molecular flexibility index (Phi) is 5.08. The number of hydrogen-bond acceptors (Lipinski definition) is 2. The van der Waals surface area contributed by atoms with E-state index in [4.69, 9.17) is 0 Å². The van der Waals surface area contributed by atoms with Gasteiger partial charge < -0.3 is 5.32 Å². The van der Waals surface area contributed by atoms with Gasteiger partial charge in [-0.2, -0.15) is 0 Å². The van der Waals surface area contributed by atoms with E-state index in [0.717, 1.165) is 12.1 Å². The number of likely N-dealkylation sites (tertiary alicyclic amines) is 1. The summed E-state index contributed by atoms with van der Waals surface area (Å²) in [5.74, 6) is 0. The molecule has 2 aliphatic rings. The fraction of sp³-hybridized carbons (Fsp3) is 1.00.